The van der Waals surface area contributed by atoms with Gasteiger partial charge in [-0.25, -0.2) is 0 Å². The molecule has 0 radical (unpaired) electrons. The van der Waals surface area contributed by atoms with Crippen LogP contribution in [-0.4, -0.2) is 29.6 Å². The number of aliphatic hydroxyl groups is 1. The molecule has 0 saturated heterocycles. The van der Waals surface area contributed by atoms with Gasteiger partial charge in [0.15, 0.2) is 0 Å². The minimum atomic E-state index is -0.157. The molecule has 0 bridgehead atoms. The molecule has 2 rings (SSSR count). The van der Waals surface area contributed by atoms with E-state index in [1.54, 1.807) is 24.3 Å². The fourth-order valence-corrected chi connectivity index (χ4v) is 2.10. The summed E-state index contributed by atoms with van der Waals surface area (Å²) in [5, 5.41) is 14.7. The first-order valence-corrected chi connectivity index (χ1v) is 7.46. The van der Waals surface area contributed by atoms with E-state index in [9.17, 15) is 9.59 Å². The highest BCUT2D eigenvalue weighted by Crippen LogP contribution is 2.30. The summed E-state index contributed by atoms with van der Waals surface area (Å²) in [6, 6.07) is 6.86. The maximum Gasteiger partial charge on any atom is 0.251 e. The second-order valence-corrected chi connectivity index (χ2v) is 5.43. The minimum absolute atomic E-state index is 0.0169. The zero-order valence-electron chi connectivity index (χ0n) is 12.3. The molecule has 0 spiro atoms. The van der Waals surface area contributed by atoms with Crippen LogP contribution < -0.4 is 10.6 Å². The minimum Gasteiger partial charge on any atom is -0.396 e. The van der Waals surface area contributed by atoms with Crippen LogP contribution in [0.5, 0.6) is 0 Å². The van der Waals surface area contributed by atoms with Gasteiger partial charge >= 0.3 is 0 Å². The third-order valence-corrected chi connectivity index (χ3v) is 3.67. The van der Waals surface area contributed by atoms with Crippen LogP contribution in [0.3, 0.4) is 0 Å². The molecule has 1 unspecified atom stereocenters. The molecular formula is C16H22N2O3. The van der Waals surface area contributed by atoms with E-state index in [4.69, 9.17) is 5.11 Å². The first kappa shape index (κ1) is 15.5. The van der Waals surface area contributed by atoms with E-state index in [0.29, 0.717) is 17.7 Å². The molecule has 1 aromatic rings. The fraction of sp³-hybridized carbons (Fsp3) is 0.500. The molecule has 5 nitrogen and oxygen atoms in total. The lowest BCUT2D eigenvalue weighted by atomic mass is 10.1. The van der Waals surface area contributed by atoms with Gasteiger partial charge in [0.1, 0.15) is 0 Å². The number of hydrogen-bond donors (Lipinski definition) is 3. The molecule has 5 heteroatoms. The predicted octanol–water partition coefficient (Wildman–Crippen LogP) is 1.93. The van der Waals surface area contributed by atoms with E-state index in [1.165, 1.54) is 0 Å². The Labute approximate surface area is 124 Å². The van der Waals surface area contributed by atoms with Crippen LogP contribution in [0.2, 0.25) is 0 Å². The lowest BCUT2D eigenvalue weighted by molar-refractivity contribution is -0.117. The molecule has 1 atom stereocenters. The maximum absolute atomic E-state index is 12.1. The summed E-state index contributed by atoms with van der Waals surface area (Å²) in [7, 11) is 0. The van der Waals surface area contributed by atoms with Crippen molar-refractivity contribution in [1.82, 2.24) is 5.32 Å². The molecular weight excluding hydrogens is 268 g/mol. The Kier molecular flexibility index (Phi) is 5.33. The van der Waals surface area contributed by atoms with Gasteiger partial charge in [0.25, 0.3) is 5.91 Å². The number of aliphatic hydroxyl groups excluding tert-OH is 1. The summed E-state index contributed by atoms with van der Waals surface area (Å²) in [5.74, 6) is 0.0633. The van der Waals surface area contributed by atoms with E-state index in [1.807, 2.05) is 6.92 Å². The normalized spacial score (nSPS) is 15.3. The Balaban J connectivity index is 1.91. The van der Waals surface area contributed by atoms with Gasteiger partial charge < -0.3 is 15.7 Å². The number of amides is 2. The van der Waals surface area contributed by atoms with Gasteiger partial charge in [-0.05, 0) is 49.9 Å². The molecule has 0 heterocycles. The van der Waals surface area contributed by atoms with Crippen LogP contribution >= 0.6 is 0 Å². The molecule has 114 valence electrons. The van der Waals surface area contributed by atoms with Crippen LogP contribution in [0, 0.1) is 5.92 Å². The average molecular weight is 290 g/mol. The predicted molar refractivity (Wildman–Crippen MR) is 81.0 cm³/mol. The van der Waals surface area contributed by atoms with Crippen molar-refractivity contribution in [2.45, 2.75) is 38.6 Å². The van der Waals surface area contributed by atoms with E-state index >= 15 is 0 Å². The Morgan fingerprint density at radius 1 is 1.29 bits per heavy atom. The lowest BCUT2D eigenvalue weighted by Crippen LogP contribution is -2.35. The van der Waals surface area contributed by atoms with Gasteiger partial charge in [0.05, 0.1) is 0 Å². The van der Waals surface area contributed by atoms with Gasteiger partial charge in [-0.1, -0.05) is 6.92 Å². The van der Waals surface area contributed by atoms with Crippen molar-refractivity contribution in [3.8, 4) is 0 Å². The van der Waals surface area contributed by atoms with Crippen molar-refractivity contribution in [3.63, 3.8) is 0 Å². The second-order valence-electron chi connectivity index (χ2n) is 5.43. The van der Waals surface area contributed by atoms with Crippen molar-refractivity contribution in [1.29, 1.82) is 0 Å². The first-order chi connectivity index (χ1) is 10.1. The van der Waals surface area contributed by atoms with Crippen molar-refractivity contribution in [2.75, 3.05) is 11.9 Å². The number of carbonyl (C=O) groups excluding carboxylic acids is 2. The molecule has 0 aromatic heterocycles. The zero-order chi connectivity index (χ0) is 15.2. The second kappa shape index (κ2) is 7.22. The number of hydrogen-bond acceptors (Lipinski definition) is 3. The van der Waals surface area contributed by atoms with Gasteiger partial charge in [-0.3, -0.25) is 9.59 Å². The van der Waals surface area contributed by atoms with Crippen LogP contribution in [0.1, 0.15) is 43.0 Å². The molecule has 0 aliphatic heterocycles. The lowest BCUT2D eigenvalue weighted by Gasteiger charge is -2.15. The van der Waals surface area contributed by atoms with E-state index in [2.05, 4.69) is 10.6 Å². The number of carbonyl (C=O) groups is 2. The van der Waals surface area contributed by atoms with Gasteiger partial charge in [0.2, 0.25) is 5.91 Å². The highest BCUT2D eigenvalue weighted by atomic mass is 16.3. The SMILES string of the molecule is CCC(CCO)NC(=O)c1ccc(NC(=O)C2CC2)cc1. The molecule has 1 aromatic carbocycles. The number of benzene rings is 1. The Hall–Kier alpha value is -1.88. The average Bonchev–Trinajstić information content (AvgIpc) is 3.32. The summed E-state index contributed by atoms with van der Waals surface area (Å²) in [6.07, 6.45) is 3.27. The summed E-state index contributed by atoms with van der Waals surface area (Å²) < 4.78 is 0. The topological polar surface area (TPSA) is 78.4 Å². The monoisotopic (exact) mass is 290 g/mol. The molecule has 1 aliphatic carbocycles. The number of rotatable bonds is 7. The first-order valence-electron chi connectivity index (χ1n) is 7.46. The van der Waals surface area contributed by atoms with Crippen molar-refractivity contribution in [3.05, 3.63) is 29.8 Å². The summed E-state index contributed by atoms with van der Waals surface area (Å²) >= 11 is 0. The van der Waals surface area contributed by atoms with Crippen LogP contribution in [0.25, 0.3) is 0 Å². The van der Waals surface area contributed by atoms with Crippen LogP contribution in [0.15, 0.2) is 24.3 Å². The van der Waals surface area contributed by atoms with Crippen molar-refractivity contribution < 1.29 is 14.7 Å². The molecule has 1 saturated carbocycles. The summed E-state index contributed by atoms with van der Waals surface area (Å²) in [4.78, 5) is 23.7. The fourth-order valence-electron chi connectivity index (χ4n) is 2.10. The maximum atomic E-state index is 12.1. The van der Waals surface area contributed by atoms with Crippen molar-refractivity contribution in [2.24, 2.45) is 5.92 Å². The van der Waals surface area contributed by atoms with Gasteiger partial charge in [-0.2, -0.15) is 0 Å². The third kappa shape index (κ3) is 4.56. The van der Waals surface area contributed by atoms with Crippen LogP contribution in [-0.2, 0) is 4.79 Å². The van der Waals surface area contributed by atoms with E-state index in [-0.39, 0.29) is 30.4 Å². The molecule has 2 amide bonds. The zero-order valence-corrected chi connectivity index (χ0v) is 12.3. The van der Waals surface area contributed by atoms with Gasteiger partial charge in [-0.15, -0.1) is 0 Å². The molecule has 1 aliphatic rings. The Morgan fingerprint density at radius 3 is 2.48 bits per heavy atom. The quantitative estimate of drug-likeness (QED) is 0.718. The van der Waals surface area contributed by atoms with E-state index in [0.717, 1.165) is 19.3 Å². The smallest absolute Gasteiger partial charge is 0.251 e. The standard InChI is InChI=1S/C16H22N2O3/c1-2-13(9-10-19)17-15(20)12-5-7-14(8-6-12)18-16(21)11-3-4-11/h5-8,11,13,19H,2-4,9-10H2,1H3,(H,17,20)(H,18,21). The molecule has 21 heavy (non-hydrogen) atoms. The largest absolute Gasteiger partial charge is 0.396 e. The Morgan fingerprint density at radius 2 is 1.95 bits per heavy atom. The third-order valence-electron chi connectivity index (χ3n) is 3.67. The highest BCUT2D eigenvalue weighted by molar-refractivity contribution is 5.96. The van der Waals surface area contributed by atoms with Gasteiger partial charge in [0, 0.05) is 29.8 Å². The Bertz CT molecular complexity index is 495. The highest BCUT2D eigenvalue weighted by Gasteiger charge is 2.29. The number of anilines is 1. The molecule has 3 N–H and O–H groups in total. The van der Waals surface area contributed by atoms with Crippen molar-refractivity contribution >= 4 is 17.5 Å². The molecule has 1 fully saturated rings. The van der Waals surface area contributed by atoms with Crippen LogP contribution in [0.4, 0.5) is 5.69 Å². The summed E-state index contributed by atoms with van der Waals surface area (Å²) in [6.45, 7) is 2.03. The summed E-state index contributed by atoms with van der Waals surface area (Å²) in [5.41, 5.74) is 1.27. The number of nitrogens with one attached hydrogen (secondary N) is 2. The van der Waals surface area contributed by atoms with E-state index < -0.39 is 0 Å².